The Morgan fingerprint density at radius 3 is 2.67 bits per heavy atom. The van der Waals surface area contributed by atoms with E-state index in [-0.39, 0.29) is 11.2 Å². The van der Waals surface area contributed by atoms with Gasteiger partial charge < -0.3 is 5.32 Å². The van der Waals surface area contributed by atoms with E-state index in [0.717, 1.165) is 24.1 Å². The molecule has 1 atom stereocenters. The third kappa shape index (κ3) is 2.53. The molecular formula is C16H19NO. The van der Waals surface area contributed by atoms with Crippen LogP contribution in [0, 0.1) is 5.41 Å². The third-order valence-electron chi connectivity index (χ3n) is 3.45. The maximum atomic E-state index is 12.3. The number of allylic oxidation sites excluding steroid dienone is 3. The first kappa shape index (κ1) is 12.6. The molecule has 0 saturated heterocycles. The summed E-state index contributed by atoms with van der Waals surface area (Å²) in [6.45, 7) is 3.97. The second-order valence-corrected chi connectivity index (χ2v) is 4.93. The van der Waals surface area contributed by atoms with E-state index in [1.54, 1.807) is 0 Å². The summed E-state index contributed by atoms with van der Waals surface area (Å²) in [7, 11) is 0. The highest BCUT2D eigenvalue weighted by molar-refractivity contribution is 6.03. The van der Waals surface area contributed by atoms with Crippen molar-refractivity contribution in [3.05, 3.63) is 54.3 Å². The first-order chi connectivity index (χ1) is 8.65. The number of para-hydroxylation sites is 1. The summed E-state index contributed by atoms with van der Waals surface area (Å²) in [5.74, 6) is 0.240. The summed E-state index contributed by atoms with van der Waals surface area (Å²) in [4.78, 5) is 12.3. The van der Waals surface area contributed by atoms with E-state index in [2.05, 4.69) is 5.32 Å². The Balaban J connectivity index is 2.10. The molecule has 18 heavy (non-hydrogen) atoms. The average molecular weight is 241 g/mol. The van der Waals surface area contributed by atoms with Gasteiger partial charge in [-0.15, -0.1) is 0 Å². The van der Waals surface area contributed by atoms with Gasteiger partial charge in [-0.2, -0.15) is 0 Å². The fourth-order valence-electron chi connectivity index (χ4n) is 2.36. The van der Waals surface area contributed by atoms with Crippen LogP contribution in [0.5, 0.6) is 0 Å². The Hall–Kier alpha value is -1.83. The van der Waals surface area contributed by atoms with Crippen LogP contribution in [0.3, 0.4) is 0 Å². The highest BCUT2D eigenvalue weighted by Gasteiger charge is 2.38. The van der Waals surface area contributed by atoms with Crippen molar-refractivity contribution in [3.63, 3.8) is 0 Å². The van der Waals surface area contributed by atoms with Crippen LogP contribution >= 0.6 is 0 Å². The molecule has 0 aromatic heterocycles. The first-order valence-corrected chi connectivity index (χ1v) is 6.35. The predicted octanol–water partition coefficient (Wildman–Crippen LogP) is 3.93. The van der Waals surface area contributed by atoms with E-state index >= 15 is 0 Å². The van der Waals surface area contributed by atoms with E-state index in [9.17, 15) is 4.79 Å². The van der Waals surface area contributed by atoms with E-state index in [1.165, 1.54) is 0 Å². The molecule has 2 rings (SSSR count). The molecule has 1 fully saturated rings. The second kappa shape index (κ2) is 5.21. The zero-order valence-electron chi connectivity index (χ0n) is 10.9. The van der Waals surface area contributed by atoms with Gasteiger partial charge in [0.15, 0.2) is 5.78 Å². The first-order valence-electron chi connectivity index (χ1n) is 6.35. The zero-order chi connectivity index (χ0) is 13.0. The van der Waals surface area contributed by atoms with Crippen LogP contribution in [-0.4, -0.2) is 5.78 Å². The molecule has 0 heterocycles. The summed E-state index contributed by atoms with van der Waals surface area (Å²) >= 11 is 0. The summed E-state index contributed by atoms with van der Waals surface area (Å²) in [6.07, 6.45) is 7.58. The van der Waals surface area contributed by atoms with Crippen molar-refractivity contribution in [2.75, 3.05) is 5.32 Å². The number of anilines is 1. The van der Waals surface area contributed by atoms with Crippen LogP contribution in [0.15, 0.2) is 54.3 Å². The van der Waals surface area contributed by atoms with Gasteiger partial charge in [0.1, 0.15) is 0 Å². The molecule has 1 aliphatic rings. The van der Waals surface area contributed by atoms with Crippen LogP contribution in [0.4, 0.5) is 5.69 Å². The average Bonchev–Trinajstić information content (AvgIpc) is 2.66. The number of benzene rings is 1. The van der Waals surface area contributed by atoms with Gasteiger partial charge in [0.2, 0.25) is 0 Å². The van der Waals surface area contributed by atoms with Gasteiger partial charge in [-0.3, -0.25) is 4.79 Å². The molecule has 1 aromatic carbocycles. The standard InChI is InChI=1S/C16H19NO/c1-3-10-16(2)11-9-13(15(16)18)12-17-14-7-5-4-6-8-14/h3-8,10,12,17H,9,11H2,1-2H3/b10-3+,13-12+. The Morgan fingerprint density at radius 1 is 1.28 bits per heavy atom. The normalized spacial score (nSPS) is 26.1. The largest absolute Gasteiger partial charge is 0.361 e. The minimum Gasteiger partial charge on any atom is -0.361 e. The lowest BCUT2D eigenvalue weighted by molar-refractivity contribution is -0.120. The lowest BCUT2D eigenvalue weighted by Crippen LogP contribution is -2.19. The number of rotatable bonds is 3. The van der Waals surface area contributed by atoms with Gasteiger partial charge in [-0.1, -0.05) is 30.4 Å². The van der Waals surface area contributed by atoms with Crippen molar-refractivity contribution in [1.82, 2.24) is 0 Å². The Labute approximate surface area is 108 Å². The maximum absolute atomic E-state index is 12.3. The third-order valence-corrected chi connectivity index (χ3v) is 3.45. The smallest absolute Gasteiger partial charge is 0.169 e. The summed E-state index contributed by atoms with van der Waals surface area (Å²) in [6, 6.07) is 9.90. The van der Waals surface area contributed by atoms with E-state index < -0.39 is 0 Å². The fourth-order valence-corrected chi connectivity index (χ4v) is 2.36. The highest BCUT2D eigenvalue weighted by atomic mass is 16.1. The Kier molecular flexibility index (Phi) is 3.66. The maximum Gasteiger partial charge on any atom is 0.169 e. The lowest BCUT2D eigenvalue weighted by atomic mass is 9.87. The fraction of sp³-hybridized carbons (Fsp3) is 0.312. The van der Waals surface area contributed by atoms with Gasteiger partial charge in [0.25, 0.3) is 0 Å². The van der Waals surface area contributed by atoms with Crippen molar-refractivity contribution in [2.45, 2.75) is 26.7 Å². The molecule has 0 radical (unpaired) electrons. The summed E-state index contributed by atoms with van der Waals surface area (Å²) < 4.78 is 0. The molecule has 0 spiro atoms. The molecule has 0 aliphatic heterocycles. The Morgan fingerprint density at radius 2 is 2.00 bits per heavy atom. The number of carbonyl (C=O) groups is 1. The molecule has 2 nitrogen and oxygen atoms in total. The minimum atomic E-state index is -0.307. The summed E-state index contributed by atoms with van der Waals surface area (Å²) in [5.41, 5.74) is 1.59. The monoisotopic (exact) mass is 241 g/mol. The topological polar surface area (TPSA) is 29.1 Å². The van der Waals surface area contributed by atoms with Crippen LogP contribution in [0.1, 0.15) is 26.7 Å². The number of hydrogen-bond acceptors (Lipinski definition) is 2. The number of Topliss-reactive ketones (excluding diaryl/α,β-unsaturated/α-hetero) is 1. The zero-order valence-corrected chi connectivity index (χ0v) is 10.9. The van der Waals surface area contributed by atoms with Crippen LogP contribution < -0.4 is 5.32 Å². The molecule has 1 N–H and O–H groups in total. The van der Waals surface area contributed by atoms with Crippen molar-refractivity contribution in [3.8, 4) is 0 Å². The minimum absolute atomic E-state index is 0.240. The van der Waals surface area contributed by atoms with Gasteiger partial charge in [0.05, 0.1) is 0 Å². The molecule has 1 aromatic rings. The molecular weight excluding hydrogens is 222 g/mol. The van der Waals surface area contributed by atoms with Gasteiger partial charge >= 0.3 is 0 Å². The molecule has 0 bridgehead atoms. The van der Waals surface area contributed by atoms with Gasteiger partial charge in [-0.25, -0.2) is 0 Å². The van der Waals surface area contributed by atoms with Crippen LogP contribution in [-0.2, 0) is 4.79 Å². The quantitative estimate of drug-likeness (QED) is 0.641. The molecule has 1 aliphatic carbocycles. The molecule has 2 heteroatoms. The second-order valence-electron chi connectivity index (χ2n) is 4.93. The van der Waals surface area contributed by atoms with Gasteiger partial charge in [0, 0.05) is 22.9 Å². The predicted molar refractivity (Wildman–Crippen MR) is 75.3 cm³/mol. The van der Waals surface area contributed by atoms with Gasteiger partial charge in [-0.05, 0) is 38.8 Å². The Bertz CT molecular complexity index is 487. The van der Waals surface area contributed by atoms with Crippen molar-refractivity contribution >= 4 is 11.5 Å². The van der Waals surface area contributed by atoms with Crippen molar-refractivity contribution in [1.29, 1.82) is 0 Å². The lowest BCUT2D eigenvalue weighted by Gasteiger charge is -2.15. The van der Waals surface area contributed by atoms with Crippen LogP contribution in [0.25, 0.3) is 0 Å². The van der Waals surface area contributed by atoms with Crippen molar-refractivity contribution in [2.24, 2.45) is 5.41 Å². The van der Waals surface area contributed by atoms with Crippen molar-refractivity contribution < 1.29 is 4.79 Å². The van der Waals surface area contributed by atoms with Crippen LogP contribution in [0.2, 0.25) is 0 Å². The molecule has 94 valence electrons. The SMILES string of the molecule is C/C=C/C1(C)CC/C(=C\Nc2ccccc2)C1=O. The molecule has 1 unspecified atom stereocenters. The number of nitrogens with one attached hydrogen (secondary N) is 1. The summed E-state index contributed by atoms with van der Waals surface area (Å²) in [5, 5.41) is 3.19. The number of ketones is 1. The molecule has 0 amide bonds. The van der Waals surface area contributed by atoms with E-state index in [4.69, 9.17) is 0 Å². The number of hydrogen-bond donors (Lipinski definition) is 1. The van der Waals surface area contributed by atoms with E-state index in [1.807, 2.05) is 62.5 Å². The highest BCUT2D eigenvalue weighted by Crippen LogP contribution is 2.38. The number of carbonyl (C=O) groups excluding carboxylic acids is 1. The van der Waals surface area contributed by atoms with E-state index in [0.29, 0.717) is 0 Å². The molecule has 1 saturated carbocycles.